The topological polar surface area (TPSA) is 80.0 Å². The number of benzene rings is 1. The van der Waals surface area contributed by atoms with Gasteiger partial charge in [0.1, 0.15) is 17.7 Å². The van der Waals surface area contributed by atoms with Gasteiger partial charge in [-0.15, -0.1) is 35.3 Å². The lowest BCUT2D eigenvalue weighted by atomic mass is 10.2. The van der Waals surface area contributed by atoms with Crippen LogP contribution < -0.4 is 10.6 Å². The average Bonchev–Trinajstić information content (AvgIpc) is 3.34. The van der Waals surface area contributed by atoms with E-state index >= 15 is 0 Å². The first-order chi connectivity index (χ1) is 12.7. The maximum Gasteiger partial charge on any atom is 0.191 e. The monoisotopic (exact) mass is 497 g/mol. The lowest BCUT2D eigenvalue weighted by Gasteiger charge is -2.11. The third-order valence-electron chi connectivity index (χ3n) is 3.87. The number of nitrogens with one attached hydrogen (secondary N) is 2. The Morgan fingerprint density at radius 3 is 2.52 bits per heavy atom. The molecule has 0 spiro atoms. The predicted molar refractivity (Wildman–Crippen MR) is 120 cm³/mol. The van der Waals surface area contributed by atoms with Crippen molar-refractivity contribution in [2.24, 2.45) is 4.99 Å². The molecule has 0 saturated carbocycles. The summed E-state index contributed by atoms with van der Waals surface area (Å²) < 4.78 is 1.73. The molecule has 9 heteroatoms. The van der Waals surface area contributed by atoms with Gasteiger partial charge in [-0.1, -0.05) is 26.0 Å². The second kappa shape index (κ2) is 10.4. The number of guanidine groups is 1. The number of aliphatic imine (C=N–C) groups is 1. The first-order valence-electron chi connectivity index (χ1n) is 8.48. The van der Waals surface area contributed by atoms with Crippen molar-refractivity contribution in [3.63, 3.8) is 0 Å². The molecule has 0 aliphatic carbocycles. The van der Waals surface area contributed by atoms with E-state index in [-0.39, 0.29) is 24.0 Å². The maximum atomic E-state index is 4.63. The molecule has 0 radical (unpaired) electrons. The highest BCUT2D eigenvalue weighted by Crippen LogP contribution is 2.17. The molecular formula is C18H24IN7S. The second-order valence-corrected chi connectivity index (χ2v) is 7.05. The van der Waals surface area contributed by atoms with Gasteiger partial charge in [-0.3, -0.25) is 4.99 Å². The minimum Gasteiger partial charge on any atom is -0.352 e. The lowest BCUT2D eigenvalue weighted by Crippen LogP contribution is -2.36. The van der Waals surface area contributed by atoms with Gasteiger partial charge in [-0.05, 0) is 23.6 Å². The van der Waals surface area contributed by atoms with Crippen LogP contribution in [-0.2, 0) is 13.1 Å². The highest BCUT2D eigenvalue weighted by Gasteiger charge is 2.06. The first kappa shape index (κ1) is 21.3. The number of halogens is 1. The first-order valence-corrected chi connectivity index (χ1v) is 9.36. The van der Waals surface area contributed by atoms with E-state index < -0.39 is 0 Å². The number of thiazole rings is 1. The van der Waals surface area contributed by atoms with E-state index in [0.29, 0.717) is 19.0 Å². The molecule has 3 rings (SSSR count). The molecule has 7 nitrogen and oxygen atoms in total. The standard InChI is InChI=1S/C18H23N7S.HI/c1-13(2)16-10-26-17(24-16)9-22-18(19-3)21-8-14-4-6-15(7-5-14)25-12-20-11-23-25;/h4-7,10-13H,8-9H2,1-3H3,(H2,19,21,22);1H. The third kappa shape index (κ3) is 5.99. The quantitative estimate of drug-likeness (QED) is 0.310. The zero-order chi connectivity index (χ0) is 18.4. The summed E-state index contributed by atoms with van der Waals surface area (Å²) in [4.78, 5) is 12.9. The van der Waals surface area contributed by atoms with E-state index in [2.05, 4.69) is 62.1 Å². The summed E-state index contributed by atoms with van der Waals surface area (Å²) in [5.41, 5.74) is 3.29. The molecule has 0 aliphatic heterocycles. The van der Waals surface area contributed by atoms with Gasteiger partial charge >= 0.3 is 0 Å². The molecule has 27 heavy (non-hydrogen) atoms. The van der Waals surface area contributed by atoms with Gasteiger partial charge in [0.2, 0.25) is 0 Å². The molecule has 2 N–H and O–H groups in total. The van der Waals surface area contributed by atoms with Gasteiger partial charge in [0, 0.05) is 19.0 Å². The van der Waals surface area contributed by atoms with Crippen molar-refractivity contribution in [3.8, 4) is 5.69 Å². The van der Waals surface area contributed by atoms with Crippen LogP contribution in [0.1, 0.15) is 36.0 Å². The highest BCUT2D eigenvalue weighted by molar-refractivity contribution is 14.0. The fourth-order valence-electron chi connectivity index (χ4n) is 2.35. The number of aromatic nitrogens is 4. The summed E-state index contributed by atoms with van der Waals surface area (Å²) in [6, 6.07) is 8.16. The fourth-order valence-corrected chi connectivity index (χ4v) is 3.24. The Hall–Kier alpha value is -2.01. The van der Waals surface area contributed by atoms with E-state index in [4.69, 9.17) is 0 Å². The second-order valence-electron chi connectivity index (χ2n) is 6.11. The molecular weight excluding hydrogens is 473 g/mol. The molecule has 1 aromatic carbocycles. The molecule has 0 aliphatic rings. The van der Waals surface area contributed by atoms with Crippen LogP contribution in [0.3, 0.4) is 0 Å². The smallest absolute Gasteiger partial charge is 0.191 e. The number of hydrogen-bond acceptors (Lipinski definition) is 5. The van der Waals surface area contributed by atoms with Crippen LogP contribution in [0.5, 0.6) is 0 Å². The molecule has 2 heterocycles. The number of rotatable bonds is 6. The SMILES string of the molecule is CN=C(NCc1ccc(-n2cncn2)cc1)NCc1nc(C(C)C)cs1.I. The molecule has 2 aromatic heterocycles. The molecule has 0 unspecified atom stereocenters. The van der Waals surface area contributed by atoms with Crippen molar-refractivity contribution in [1.82, 2.24) is 30.4 Å². The van der Waals surface area contributed by atoms with Crippen LogP contribution in [-0.4, -0.2) is 32.8 Å². The molecule has 3 aromatic rings. The molecule has 0 amide bonds. The van der Waals surface area contributed by atoms with Crippen LogP contribution >= 0.6 is 35.3 Å². The van der Waals surface area contributed by atoms with Crippen molar-refractivity contribution < 1.29 is 0 Å². The van der Waals surface area contributed by atoms with E-state index in [0.717, 1.165) is 27.9 Å². The van der Waals surface area contributed by atoms with Gasteiger partial charge in [0.15, 0.2) is 5.96 Å². The van der Waals surface area contributed by atoms with Crippen LogP contribution in [0.15, 0.2) is 47.3 Å². The minimum atomic E-state index is 0. The Morgan fingerprint density at radius 1 is 1.19 bits per heavy atom. The largest absolute Gasteiger partial charge is 0.352 e. The van der Waals surface area contributed by atoms with Crippen LogP contribution in [0.4, 0.5) is 0 Å². The van der Waals surface area contributed by atoms with Crippen molar-refractivity contribution >= 4 is 41.3 Å². The summed E-state index contributed by atoms with van der Waals surface area (Å²) in [6.45, 7) is 5.66. The summed E-state index contributed by atoms with van der Waals surface area (Å²) in [5, 5.41) is 13.9. The third-order valence-corrected chi connectivity index (χ3v) is 4.74. The molecule has 0 fully saturated rings. The highest BCUT2D eigenvalue weighted by atomic mass is 127. The summed E-state index contributed by atoms with van der Waals surface area (Å²) in [7, 11) is 1.77. The van der Waals surface area contributed by atoms with E-state index in [1.807, 2.05) is 12.1 Å². The Bertz CT molecular complexity index is 841. The molecule has 144 valence electrons. The van der Waals surface area contributed by atoms with Crippen LogP contribution in [0.25, 0.3) is 5.69 Å². The normalized spacial score (nSPS) is 11.3. The number of hydrogen-bond donors (Lipinski definition) is 2. The van der Waals surface area contributed by atoms with E-state index in [1.54, 1.807) is 29.4 Å². The van der Waals surface area contributed by atoms with Crippen LogP contribution in [0.2, 0.25) is 0 Å². The molecule has 0 atom stereocenters. The Balaban J connectivity index is 0.00000261. The number of nitrogens with zero attached hydrogens (tertiary/aromatic N) is 5. The van der Waals surface area contributed by atoms with Crippen molar-refractivity contribution in [1.29, 1.82) is 0 Å². The van der Waals surface area contributed by atoms with Gasteiger partial charge in [-0.2, -0.15) is 5.10 Å². The van der Waals surface area contributed by atoms with Gasteiger partial charge in [-0.25, -0.2) is 14.6 Å². The van der Waals surface area contributed by atoms with Gasteiger partial charge in [0.25, 0.3) is 0 Å². The molecule has 0 bridgehead atoms. The summed E-state index contributed by atoms with van der Waals surface area (Å²) in [6.07, 6.45) is 3.21. The summed E-state index contributed by atoms with van der Waals surface area (Å²) >= 11 is 1.68. The maximum absolute atomic E-state index is 4.63. The Labute approximate surface area is 180 Å². The van der Waals surface area contributed by atoms with Crippen molar-refractivity contribution in [2.45, 2.75) is 32.9 Å². The van der Waals surface area contributed by atoms with Crippen molar-refractivity contribution in [2.75, 3.05) is 7.05 Å². The Kier molecular flexibility index (Phi) is 8.17. The predicted octanol–water partition coefficient (Wildman–Crippen LogP) is 3.33. The van der Waals surface area contributed by atoms with Gasteiger partial charge in [0.05, 0.1) is 17.9 Å². The fraction of sp³-hybridized carbons (Fsp3) is 0.333. The van der Waals surface area contributed by atoms with Crippen LogP contribution in [0, 0.1) is 0 Å². The average molecular weight is 497 g/mol. The zero-order valence-electron chi connectivity index (χ0n) is 15.6. The van der Waals surface area contributed by atoms with Gasteiger partial charge < -0.3 is 10.6 Å². The van der Waals surface area contributed by atoms with E-state index in [9.17, 15) is 0 Å². The molecule has 0 saturated heterocycles. The Morgan fingerprint density at radius 2 is 1.93 bits per heavy atom. The van der Waals surface area contributed by atoms with Crippen molar-refractivity contribution in [3.05, 3.63) is 58.6 Å². The summed E-state index contributed by atoms with van der Waals surface area (Å²) in [5.74, 6) is 1.21. The minimum absolute atomic E-state index is 0. The lowest BCUT2D eigenvalue weighted by molar-refractivity contribution is 0.784. The zero-order valence-corrected chi connectivity index (χ0v) is 18.7. The van der Waals surface area contributed by atoms with E-state index in [1.165, 1.54) is 6.33 Å².